The van der Waals surface area contributed by atoms with E-state index in [2.05, 4.69) is 15.9 Å². The number of carbonyl (C=O) groups is 1. The van der Waals surface area contributed by atoms with E-state index in [4.69, 9.17) is 4.74 Å². The minimum atomic E-state index is -0.0190. The molecule has 0 aromatic rings. The fourth-order valence-electron chi connectivity index (χ4n) is 1.40. The van der Waals surface area contributed by atoms with Crippen LogP contribution >= 0.6 is 15.9 Å². The molecular weight excluding hydrogens is 208 g/mol. The van der Waals surface area contributed by atoms with Crippen molar-refractivity contribution in [2.45, 2.75) is 31.0 Å². The summed E-state index contributed by atoms with van der Waals surface area (Å²) in [6.07, 6.45) is 3.02. The topological polar surface area (TPSA) is 26.3 Å². The Labute approximate surface area is 75.4 Å². The summed E-state index contributed by atoms with van der Waals surface area (Å²) < 4.78 is 4.91. The van der Waals surface area contributed by atoms with E-state index in [0.29, 0.717) is 11.4 Å². The van der Waals surface area contributed by atoms with Crippen molar-refractivity contribution in [3.63, 3.8) is 0 Å². The molecule has 0 N–H and O–H groups in total. The van der Waals surface area contributed by atoms with Gasteiger partial charge < -0.3 is 4.74 Å². The van der Waals surface area contributed by atoms with E-state index in [1.54, 1.807) is 0 Å². The first-order chi connectivity index (χ1) is 5.24. The van der Waals surface area contributed by atoms with Gasteiger partial charge in [-0.25, -0.2) is 0 Å². The predicted octanol–water partition coefficient (Wildman–Crippen LogP) is 2.11. The Morgan fingerprint density at radius 1 is 1.64 bits per heavy atom. The van der Waals surface area contributed by atoms with Crippen LogP contribution in [0.2, 0.25) is 0 Å². The molecule has 0 aromatic heterocycles. The maximum atomic E-state index is 11.1. The molecule has 0 bridgehead atoms. The second-order valence-corrected chi connectivity index (χ2v) is 4.15. The minimum absolute atomic E-state index is 0.0190. The lowest BCUT2D eigenvalue weighted by Gasteiger charge is -2.06. The molecule has 0 saturated heterocycles. The van der Waals surface area contributed by atoms with Gasteiger partial charge >= 0.3 is 5.97 Å². The molecule has 11 heavy (non-hydrogen) atoms. The Bertz CT molecular complexity index is 147. The Kier molecular flexibility index (Phi) is 3.37. The first-order valence-electron chi connectivity index (χ1n) is 4.04. The first-order valence-corrected chi connectivity index (χ1v) is 4.96. The van der Waals surface area contributed by atoms with Crippen LogP contribution in [0.3, 0.4) is 0 Å². The smallest absolute Gasteiger partial charge is 0.308 e. The van der Waals surface area contributed by atoms with Crippen molar-refractivity contribution in [3.8, 4) is 0 Å². The van der Waals surface area contributed by atoms with Crippen LogP contribution in [0.5, 0.6) is 0 Å². The average molecular weight is 221 g/mol. The van der Waals surface area contributed by atoms with Crippen molar-refractivity contribution in [1.29, 1.82) is 0 Å². The van der Waals surface area contributed by atoms with Crippen LogP contribution in [-0.2, 0) is 9.53 Å². The third-order valence-electron chi connectivity index (χ3n) is 1.99. The average Bonchev–Trinajstić information content (AvgIpc) is 2.36. The Balaban J connectivity index is 2.31. The van der Waals surface area contributed by atoms with E-state index in [0.717, 1.165) is 19.3 Å². The van der Waals surface area contributed by atoms with E-state index >= 15 is 0 Å². The van der Waals surface area contributed by atoms with Gasteiger partial charge in [0.25, 0.3) is 0 Å². The van der Waals surface area contributed by atoms with Gasteiger partial charge in [0.05, 0.1) is 12.5 Å². The summed E-state index contributed by atoms with van der Waals surface area (Å²) in [6, 6.07) is 0. The Hall–Kier alpha value is -0.0500. The summed E-state index contributed by atoms with van der Waals surface area (Å²) >= 11 is 3.49. The number of hydrogen-bond acceptors (Lipinski definition) is 2. The highest BCUT2D eigenvalue weighted by Gasteiger charge is 2.29. The molecule has 0 aliphatic heterocycles. The number of carbonyl (C=O) groups excluding carboxylic acids is 1. The summed E-state index contributed by atoms with van der Waals surface area (Å²) in [6.45, 7) is 2.35. The van der Waals surface area contributed by atoms with E-state index in [1.165, 1.54) is 0 Å². The second kappa shape index (κ2) is 4.10. The monoisotopic (exact) mass is 220 g/mol. The summed E-state index contributed by atoms with van der Waals surface area (Å²) in [4.78, 5) is 11.7. The Morgan fingerprint density at radius 2 is 2.36 bits per heavy atom. The predicted molar refractivity (Wildman–Crippen MR) is 46.7 cm³/mol. The van der Waals surface area contributed by atoms with Gasteiger partial charge in [0.15, 0.2) is 0 Å². The van der Waals surface area contributed by atoms with Crippen molar-refractivity contribution in [2.75, 3.05) is 6.61 Å². The minimum Gasteiger partial charge on any atom is -0.466 e. The molecule has 2 unspecified atom stereocenters. The van der Waals surface area contributed by atoms with E-state index < -0.39 is 0 Å². The lowest BCUT2D eigenvalue weighted by molar-refractivity contribution is -0.147. The van der Waals surface area contributed by atoms with Gasteiger partial charge in [-0.1, -0.05) is 15.9 Å². The van der Waals surface area contributed by atoms with E-state index in [-0.39, 0.29) is 11.9 Å². The fraction of sp³-hybridized carbons (Fsp3) is 0.875. The number of alkyl halides is 1. The van der Waals surface area contributed by atoms with Crippen LogP contribution in [0, 0.1) is 5.92 Å². The summed E-state index contributed by atoms with van der Waals surface area (Å²) in [5, 5.41) is 0. The second-order valence-electron chi connectivity index (χ2n) is 2.86. The van der Waals surface area contributed by atoms with Crippen LogP contribution < -0.4 is 0 Å². The fourth-order valence-corrected chi connectivity index (χ4v) is 2.12. The number of esters is 1. The molecule has 1 saturated carbocycles. The zero-order chi connectivity index (χ0) is 8.27. The van der Waals surface area contributed by atoms with Crippen molar-refractivity contribution in [3.05, 3.63) is 0 Å². The quantitative estimate of drug-likeness (QED) is 0.527. The maximum Gasteiger partial charge on any atom is 0.308 e. The normalized spacial score (nSPS) is 30.4. The number of ether oxygens (including phenoxy) is 1. The molecule has 1 aliphatic carbocycles. The molecular formula is C8H13BrO2. The van der Waals surface area contributed by atoms with E-state index in [1.807, 2.05) is 6.92 Å². The van der Waals surface area contributed by atoms with Crippen molar-refractivity contribution >= 4 is 21.9 Å². The molecule has 64 valence electrons. The highest BCUT2D eigenvalue weighted by atomic mass is 79.9. The van der Waals surface area contributed by atoms with Gasteiger partial charge in [0.2, 0.25) is 0 Å². The number of halogens is 1. The van der Waals surface area contributed by atoms with Crippen molar-refractivity contribution in [2.24, 2.45) is 5.92 Å². The molecule has 0 spiro atoms. The molecule has 1 rings (SSSR count). The SMILES string of the molecule is CCOC(=O)C1CCC(Br)C1. The zero-order valence-electron chi connectivity index (χ0n) is 6.68. The number of rotatable bonds is 2. The third-order valence-corrected chi connectivity index (χ3v) is 2.82. The molecule has 0 amide bonds. The molecule has 2 atom stereocenters. The standard InChI is InChI=1S/C8H13BrO2/c1-2-11-8(10)6-3-4-7(9)5-6/h6-7H,2-5H2,1H3. The molecule has 1 fully saturated rings. The molecule has 2 nitrogen and oxygen atoms in total. The van der Waals surface area contributed by atoms with Gasteiger partial charge in [0, 0.05) is 4.83 Å². The third kappa shape index (κ3) is 2.47. The molecule has 0 heterocycles. The summed E-state index contributed by atoms with van der Waals surface area (Å²) in [7, 11) is 0. The van der Waals surface area contributed by atoms with Gasteiger partial charge in [-0.2, -0.15) is 0 Å². The van der Waals surface area contributed by atoms with Crippen LogP contribution in [0.1, 0.15) is 26.2 Å². The Morgan fingerprint density at radius 3 is 2.82 bits per heavy atom. The van der Waals surface area contributed by atoms with Crippen LogP contribution in [0.4, 0.5) is 0 Å². The highest BCUT2D eigenvalue weighted by molar-refractivity contribution is 9.09. The van der Waals surface area contributed by atoms with Gasteiger partial charge in [0.1, 0.15) is 0 Å². The lowest BCUT2D eigenvalue weighted by atomic mass is 10.1. The zero-order valence-corrected chi connectivity index (χ0v) is 8.26. The molecule has 0 aromatic carbocycles. The van der Waals surface area contributed by atoms with Gasteiger partial charge in [-0.15, -0.1) is 0 Å². The lowest BCUT2D eigenvalue weighted by Crippen LogP contribution is -2.14. The van der Waals surface area contributed by atoms with Crippen molar-refractivity contribution < 1.29 is 9.53 Å². The number of hydrogen-bond donors (Lipinski definition) is 0. The van der Waals surface area contributed by atoms with E-state index in [9.17, 15) is 4.79 Å². The van der Waals surface area contributed by atoms with Crippen molar-refractivity contribution in [1.82, 2.24) is 0 Å². The molecule has 1 aliphatic rings. The first kappa shape index (κ1) is 9.04. The molecule has 3 heteroatoms. The maximum absolute atomic E-state index is 11.1. The van der Waals surface area contributed by atoms with Crippen LogP contribution in [0.15, 0.2) is 0 Å². The van der Waals surface area contributed by atoms with Gasteiger partial charge in [-0.05, 0) is 26.2 Å². The largest absolute Gasteiger partial charge is 0.466 e. The van der Waals surface area contributed by atoms with Crippen LogP contribution in [0.25, 0.3) is 0 Å². The van der Waals surface area contributed by atoms with Gasteiger partial charge in [-0.3, -0.25) is 4.79 Å². The van der Waals surface area contributed by atoms with Crippen LogP contribution in [-0.4, -0.2) is 17.4 Å². The summed E-state index contributed by atoms with van der Waals surface area (Å²) in [5.74, 6) is 0.133. The molecule has 0 radical (unpaired) electrons. The highest BCUT2D eigenvalue weighted by Crippen LogP contribution is 2.31. The summed E-state index contributed by atoms with van der Waals surface area (Å²) in [5.41, 5.74) is 0.